The van der Waals surface area contributed by atoms with Crippen molar-refractivity contribution in [3.8, 4) is 0 Å². The molecule has 15 heavy (non-hydrogen) atoms. The second kappa shape index (κ2) is 3.94. The summed E-state index contributed by atoms with van der Waals surface area (Å²) in [5.41, 5.74) is 0.207. The summed E-state index contributed by atoms with van der Waals surface area (Å²) in [5, 5.41) is 6.49. The third-order valence-corrected chi connectivity index (χ3v) is 2.27. The number of benzene rings is 1. The van der Waals surface area contributed by atoms with Crippen molar-refractivity contribution in [1.82, 2.24) is 10.5 Å². The molecule has 0 radical (unpaired) electrons. The molecule has 1 N–H and O–H groups in total. The van der Waals surface area contributed by atoms with Crippen molar-refractivity contribution in [3.63, 3.8) is 0 Å². The predicted octanol–water partition coefficient (Wildman–Crippen LogP) is 1.87. The van der Waals surface area contributed by atoms with E-state index < -0.39 is 11.6 Å². The monoisotopic (exact) mass is 212 g/mol. The van der Waals surface area contributed by atoms with Gasteiger partial charge in [-0.3, -0.25) is 0 Å². The minimum atomic E-state index is -0.591. The molecular weight excluding hydrogens is 202 g/mol. The van der Waals surface area contributed by atoms with E-state index in [1.807, 2.05) is 0 Å². The number of aromatic nitrogens is 1. The standard InChI is InChI=1S/C10H10F2N2O/c1-13-3-2-6-8(11)4-9-7(10(6)12)5-14-15-9/h4-5,13H,2-3H2,1H3. The molecule has 0 aliphatic rings. The van der Waals surface area contributed by atoms with E-state index in [-0.39, 0.29) is 16.5 Å². The first-order valence-electron chi connectivity index (χ1n) is 4.60. The minimum Gasteiger partial charge on any atom is -0.356 e. The second-order valence-corrected chi connectivity index (χ2v) is 3.24. The first-order chi connectivity index (χ1) is 7.24. The first kappa shape index (κ1) is 10.0. The highest BCUT2D eigenvalue weighted by atomic mass is 19.1. The zero-order valence-corrected chi connectivity index (χ0v) is 8.18. The maximum Gasteiger partial charge on any atom is 0.172 e. The van der Waals surface area contributed by atoms with Crippen LogP contribution < -0.4 is 5.32 Å². The average Bonchev–Trinajstić information content (AvgIpc) is 2.65. The van der Waals surface area contributed by atoms with Crippen LogP contribution in [0.4, 0.5) is 8.78 Å². The van der Waals surface area contributed by atoms with Gasteiger partial charge < -0.3 is 9.84 Å². The van der Waals surface area contributed by atoms with Crippen LogP contribution >= 0.6 is 0 Å². The van der Waals surface area contributed by atoms with E-state index in [0.29, 0.717) is 13.0 Å². The van der Waals surface area contributed by atoms with E-state index in [9.17, 15) is 8.78 Å². The van der Waals surface area contributed by atoms with E-state index in [4.69, 9.17) is 4.52 Å². The molecule has 0 amide bonds. The van der Waals surface area contributed by atoms with E-state index in [1.54, 1.807) is 7.05 Å². The maximum atomic E-state index is 13.7. The Balaban J connectivity index is 2.52. The van der Waals surface area contributed by atoms with Gasteiger partial charge in [0.25, 0.3) is 0 Å². The van der Waals surface area contributed by atoms with E-state index in [2.05, 4.69) is 10.5 Å². The lowest BCUT2D eigenvalue weighted by molar-refractivity contribution is 0.453. The lowest BCUT2D eigenvalue weighted by Crippen LogP contribution is -2.12. The van der Waals surface area contributed by atoms with E-state index in [1.165, 1.54) is 6.20 Å². The van der Waals surface area contributed by atoms with Crippen LogP contribution in [-0.2, 0) is 6.42 Å². The summed E-state index contributed by atoms with van der Waals surface area (Å²) in [7, 11) is 1.73. The number of hydrogen-bond donors (Lipinski definition) is 1. The van der Waals surface area contributed by atoms with Crippen LogP contribution in [0.1, 0.15) is 5.56 Å². The van der Waals surface area contributed by atoms with E-state index in [0.717, 1.165) is 6.07 Å². The molecule has 80 valence electrons. The van der Waals surface area contributed by atoms with Crippen molar-refractivity contribution in [1.29, 1.82) is 0 Å². The quantitative estimate of drug-likeness (QED) is 0.844. The van der Waals surface area contributed by atoms with Gasteiger partial charge in [-0.05, 0) is 20.0 Å². The summed E-state index contributed by atoms with van der Waals surface area (Å²) in [6, 6.07) is 1.16. The van der Waals surface area contributed by atoms with Gasteiger partial charge >= 0.3 is 0 Å². The molecule has 1 aromatic heterocycles. The Hall–Kier alpha value is -1.49. The Morgan fingerprint density at radius 1 is 1.47 bits per heavy atom. The summed E-state index contributed by atoms with van der Waals surface area (Å²) in [6.07, 6.45) is 1.56. The Morgan fingerprint density at radius 3 is 3.00 bits per heavy atom. The first-order valence-corrected chi connectivity index (χ1v) is 4.60. The summed E-state index contributed by atoms with van der Waals surface area (Å²) >= 11 is 0. The highest BCUT2D eigenvalue weighted by Crippen LogP contribution is 2.23. The molecule has 0 saturated heterocycles. The number of halogens is 2. The third kappa shape index (κ3) is 1.70. The summed E-state index contributed by atoms with van der Waals surface area (Å²) in [4.78, 5) is 0. The van der Waals surface area contributed by atoms with Crippen molar-refractivity contribution in [2.24, 2.45) is 0 Å². The van der Waals surface area contributed by atoms with Gasteiger partial charge in [-0.1, -0.05) is 5.16 Å². The number of hydrogen-bond acceptors (Lipinski definition) is 3. The summed E-state index contributed by atoms with van der Waals surface area (Å²) < 4.78 is 31.8. The Kier molecular flexibility index (Phi) is 2.64. The van der Waals surface area contributed by atoms with Crippen LogP contribution in [-0.4, -0.2) is 18.7 Å². The molecule has 0 aliphatic heterocycles. The van der Waals surface area contributed by atoms with Gasteiger partial charge in [-0.2, -0.15) is 0 Å². The minimum absolute atomic E-state index is 0.0695. The number of nitrogens with one attached hydrogen (secondary N) is 1. The van der Waals surface area contributed by atoms with Crippen LogP contribution in [0.5, 0.6) is 0 Å². The Labute approximate surface area is 85.1 Å². The summed E-state index contributed by atoms with van der Waals surface area (Å²) in [6.45, 7) is 0.518. The molecule has 0 spiro atoms. The van der Waals surface area contributed by atoms with Gasteiger partial charge in [0.15, 0.2) is 5.58 Å². The fraction of sp³-hybridized carbons (Fsp3) is 0.300. The number of nitrogens with zero attached hydrogens (tertiary/aromatic N) is 1. The van der Waals surface area contributed by atoms with Crippen LogP contribution in [0.25, 0.3) is 11.0 Å². The highest BCUT2D eigenvalue weighted by molar-refractivity contribution is 5.77. The zero-order valence-electron chi connectivity index (χ0n) is 8.18. The molecular formula is C10H10F2N2O. The fourth-order valence-corrected chi connectivity index (χ4v) is 1.47. The van der Waals surface area contributed by atoms with Gasteiger partial charge in [0.05, 0.1) is 11.6 Å². The maximum absolute atomic E-state index is 13.7. The van der Waals surface area contributed by atoms with Crippen LogP contribution in [0.2, 0.25) is 0 Å². The van der Waals surface area contributed by atoms with Crippen LogP contribution in [0, 0.1) is 11.6 Å². The molecule has 0 aliphatic carbocycles. The molecule has 1 aromatic carbocycles. The highest BCUT2D eigenvalue weighted by Gasteiger charge is 2.15. The largest absolute Gasteiger partial charge is 0.356 e. The zero-order chi connectivity index (χ0) is 10.8. The number of likely N-dealkylation sites (N-methyl/N-ethyl adjacent to an activating group) is 1. The smallest absolute Gasteiger partial charge is 0.172 e. The second-order valence-electron chi connectivity index (χ2n) is 3.24. The molecule has 2 rings (SSSR count). The van der Waals surface area contributed by atoms with Crippen molar-refractivity contribution < 1.29 is 13.3 Å². The Morgan fingerprint density at radius 2 is 2.27 bits per heavy atom. The van der Waals surface area contributed by atoms with Crippen molar-refractivity contribution in [2.45, 2.75) is 6.42 Å². The van der Waals surface area contributed by atoms with Gasteiger partial charge in [-0.15, -0.1) is 0 Å². The molecule has 0 unspecified atom stereocenters. The van der Waals surface area contributed by atoms with Gasteiger partial charge in [0.1, 0.15) is 11.6 Å². The molecule has 0 bridgehead atoms. The van der Waals surface area contributed by atoms with Crippen molar-refractivity contribution in [2.75, 3.05) is 13.6 Å². The van der Waals surface area contributed by atoms with Crippen molar-refractivity contribution in [3.05, 3.63) is 29.5 Å². The third-order valence-electron chi connectivity index (χ3n) is 2.27. The predicted molar refractivity (Wildman–Crippen MR) is 51.6 cm³/mol. The van der Waals surface area contributed by atoms with Crippen LogP contribution in [0.15, 0.2) is 16.8 Å². The molecule has 3 nitrogen and oxygen atoms in total. The van der Waals surface area contributed by atoms with Gasteiger partial charge in [-0.25, -0.2) is 8.78 Å². The number of rotatable bonds is 3. The Bertz CT molecular complexity index is 481. The van der Waals surface area contributed by atoms with Gasteiger partial charge in [0, 0.05) is 11.6 Å². The fourth-order valence-electron chi connectivity index (χ4n) is 1.47. The SMILES string of the molecule is CNCCc1c(F)cc2oncc2c1F. The lowest BCUT2D eigenvalue weighted by atomic mass is 10.1. The average molecular weight is 212 g/mol. The molecule has 0 fully saturated rings. The summed E-state index contributed by atoms with van der Waals surface area (Å²) in [5.74, 6) is -1.17. The molecule has 1 heterocycles. The molecule has 0 saturated carbocycles. The molecule has 0 atom stereocenters. The van der Waals surface area contributed by atoms with Crippen molar-refractivity contribution >= 4 is 11.0 Å². The molecule has 2 aromatic rings. The van der Waals surface area contributed by atoms with Crippen LogP contribution in [0.3, 0.4) is 0 Å². The van der Waals surface area contributed by atoms with Gasteiger partial charge in [0.2, 0.25) is 0 Å². The lowest BCUT2D eigenvalue weighted by Gasteiger charge is -2.04. The number of fused-ring (bicyclic) bond motifs is 1. The molecule has 5 heteroatoms. The topological polar surface area (TPSA) is 38.1 Å². The normalized spacial score (nSPS) is 11.1. The van der Waals surface area contributed by atoms with E-state index >= 15 is 0 Å².